The van der Waals surface area contributed by atoms with Gasteiger partial charge in [-0.1, -0.05) is 0 Å². The number of primary amides is 1. The first-order valence-corrected chi connectivity index (χ1v) is 4.84. The van der Waals surface area contributed by atoms with Crippen LogP contribution >= 0.6 is 0 Å². The van der Waals surface area contributed by atoms with Gasteiger partial charge in [-0.05, 0) is 19.3 Å². The summed E-state index contributed by atoms with van der Waals surface area (Å²) in [4.78, 5) is 10.5. The van der Waals surface area contributed by atoms with E-state index in [1.54, 1.807) is 0 Å². The molecule has 1 fully saturated rings. The maximum atomic E-state index is 10.5. The molecule has 1 unspecified atom stereocenters. The van der Waals surface area contributed by atoms with Crippen LogP contribution in [0.2, 0.25) is 0 Å². The quantitative estimate of drug-likeness (QED) is 0.494. The molecule has 0 aromatic carbocycles. The summed E-state index contributed by atoms with van der Waals surface area (Å²) in [5.41, 5.74) is 5.00. The molecule has 64 valence electrons. The van der Waals surface area contributed by atoms with Crippen molar-refractivity contribution >= 4 is 16.3 Å². The van der Waals surface area contributed by atoms with E-state index in [0.717, 1.165) is 36.1 Å². The Morgan fingerprint density at radius 2 is 2.36 bits per heavy atom. The Balaban J connectivity index is 2.43. The minimum atomic E-state index is -0.484. The van der Waals surface area contributed by atoms with Crippen molar-refractivity contribution in [3.8, 4) is 0 Å². The molecule has 4 nitrogen and oxygen atoms in total. The average Bonchev–Trinajstić information content (AvgIpc) is 1.85. The molecule has 1 saturated heterocycles. The van der Waals surface area contributed by atoms with Gasteiger partial charge in [-0.3, -0.25) is 0 Å². The molecule has 1 heterocycles. The lowest BCUT2D eigenvalue weighted by molar-refractivity contribution is -0.0309. The minimum Gasteiger partial charge on any atom is -0.360 e. The van der Waals surface area contributed by atoms with E-state index in [1.165, 1.54) is 0 Å². The molecule has 0 bridgehead atoms. The molecular formula is C6H14N2O2Si. The maximum absolute atomic E-state index is 10.5. The Morgan fingerprint density at radius 1 is 1.64 bits per heavy atom. The summed E-state index contributed by atoms with van der Waals surface area (Å²) in [7, 11) is 0.794. The molecule has 2 amide bonds. The van der Waals surface area contributed by atoms with Gasteiger partial charge in [-0.15, -0.1) is 0 Å². The lowest BCUT2D eigenvalue weighted by atomic mass is 10.2. The third-order valence-corrected chi connectivity index (χ3v) is 2.90. The Labute approximate surface area is 68.9 Å². The summed E-state index contributed by atoms with van der Waals surface area (Å²) in [6.45, 7) is 0.740. The fourth-order valence-corrected chi connectivity index (χ4v) is 2.10. The molecule has 3 N–H and O–H groups in total. The zero-order valence-corrected chi connectivity index (χ0v) is 8.72. The number of carbonyl (C=O) groups is 1. The lowest BCUT2D eigenvalue weighted by Gasteiger charge is -2.34. The van der Waals surface area contributed by atoms with Gasteiger partial charge in [0.05, 0.1) is 10.2 Å². The Kier molecular flexibility index (Phi) is 2.51. The second kappa shape index (κ2) is 3.23. The average molecular weight is 174 g/mol. The van der Waals surface area contributed by atoms with Crippen molar-refractivity contribution in [3.05, 3.63) is 0 Å². The van der Waals surface area contributed by atoms with Crippen molar-refractivity contribution < 1.29 is 9.53 Å². The lowest BCUT2D eigenvalue weighted by Crippen LogP contribution is -2.54. The Morgan fingerprint density at radius 3 is 2.82 bits per heavy atom. The first-order chi connectivity index (χ1) is 5.12. The molecule has 1 aliphatic heterocycles. The topological polar surface area (TPSA) is 64.4 Å². The molecule has 0 saturated carbocycles. The van der Waals surface area contributed by atoms with E-state index in [4.69, 9.17) is 10.5 Å². The van der Waals surface area contributed by atoms with E-state index < -0.39 is 6.03 Å². The highest BCUT2D eigenvalue weighted by Gasteiger charge is 2.27. The molecule has 1 rings (SSSR count). The zero-order valence-electron chi connectivity index (χ0n) is 6.72. The highest BCUT2D eigenvalue weighted by Crippen LogP contribution is 2.18. The number of hydrogen-bond donors (Lipinski definition) is 2. The van der Waals surface area contributed by atoms with Crippen molar-refractivity contribution in [3.63, 3.8) is 0 Å². The predicted octanol–water partition coefficient (Wildman–Crippen LogP) is -1.13. The maximum Gasteiger partial charge on any atom is 0.314 e. The van der Waals surface area contributed by atoms with Gasteiger partial charge >= 0.3 is 6.03 Å². The van der Waals surface area contributed by atoms with Crippen molar-refractivity contribution in [1.82, 2.24) is 5.32 Å². The second-order valence-corrected chi connectivity index (χ2v) is 4.64. The van der Waals surface area contributed by atoms with Crippen molar-refractivity contribution in [2.75, 3.05) is 6.61 Å². The predicted molar refractivity (Wildman–Crippen MR) is 45.2 cm³/mol. The fraction of sp³-hybridized carbons (Fsp3) is 0.833. The highest BCUT2D eigenvalue weighted by molar-refractivity contribution is 6.15. The first-order valence-electron chi connectivity index (χ1n) is 3.84. The molecule has 0 aliphatic carbocycles. The monoisotopic (exact) mass is 174 g/mol. The van der Waals surface area contributed by atoms with Crippen LogP contribution < -0.4 is 11.1 Å². The summed E-state index contributed by atoms with van der Waals surface area (Å²) in [6, 6.07) is -0.484. The van der Waals surface area contributed by atoms with Crippen molar-refractivity contribution in [2.24, 2.45) is 5.73 Å². The number of carbonyl (C=O) groups excluding carboxylic acids is 1. The van der Waals surface area contributed by atoms with E-state index in [2.05, 4.69) is 5.32 Å². The van der Waals surface area contributed by atoms with E-state index in [9.17, 15) is 4.79 Å². The third kappa shape index (κ3) is 2.51. The molecule has 1 aliphatic rings. The SMILES string of the molecule is NC(=O)NC1([SiH3])CCCCO1. The van der Waals surface area contributed by atoms with E-state index in [0.29, 0.717) is 0 Å². The molecule has 0 radical (unpaired) electrons. The van der Waals surface area contributed by atoms with Crippen LogP contribution in [-0.4, -0.2) is 28.2 Å². The van der Waals surface area contributed by atoms with Gasteiger partial charge in [0.25, 0.3) is 0 Å². The van der Waals surface area contributed by atoms with Crippen LogP contribution in [0.25, 0.3) is 0 Å². The molecule has 0 aromatic heterocycles. The number of urea groups is 1. The summed E-state index contributed by atoms with van der Waals surface area (Å²) >= 11 is 0. The van der Waals surface area contributed by atoms with Gasteiger partial charge in [-0.2, -0.15) is 0 Å². The van der Waals surface area contributed by atoms with Crippen LogP contribution in [0.1, 0.15) is 19.3 Å². The van der Waals surface area contributed by atoms with Gasteiger partial charge in [0.1, 0.15) is 5.35 Å². The Bertz CT molecular complexity index is 157. The van der Waals surface area contributed by atoms with Gasteiger partial charge < -0.3 is 15.8 Å². The van der Waals surface area contributed by atoms with E-state index in [-0.39, 0.29) is 5.35 Å². The van der Waals surface area contributed by atoms with Crippen LogP contribution in [0.3, 0.4) is 0 Å². The summed E-state index contributed by atoms with van der Waals surface area (Å²) < 4.78 is 5.43. The molecule has 1 atom stereocenters. The third-order valence-electron chi connectivity index (χ3n) is 1.86. The van der Waals surface area contributed by atoms with Gasteiger partial charge in [0, 0.05) is 6.61 Å². The normalized spacial score (nSPS) is 31.6. The molecule has 0 aromatic rings. The van der Waals surface area contributed by atoms with Crippen molar-refractivity contribution in [1.29, 1.82) is 0 Å². The zero-order chi connectivity index (χ0) is 8.32. The molecule has 0 spiro atoms. The number of rotatable bonds is 1. The number of nitrogens with two attached hydrogens (primary N) is 1. The largest absolute Gasteiger partial charge is 0.360 e. The molecule has 5 heteroatoms. The van der Waals surface area contributed by atoms with Gasteiger partial charge in [0.2, 0.25) is 0 Å². The number of ether oxygens (including phenoxy) is 1. The number of amides is 2. The van der Waals surface area contributed by atoms with Crippen LogP contribution in [0.15, 0.2) is 0 Å². The smallest absolute Gasteiger partial charge is 0.314 e. The van der Waals surface area contributed by atoms with Crippen LogP contribution in [0, 0.1) is 0 Å². The first kappa shape index (κ1) is 8.54. The number of hydrogen-bond acceptors (Lipinski definition) is 2. The Hall–Kier alpha value is -0.553. The van der Waals surface area contributed by atoms with Crippen LogP contribution in [0.5, 0.6) is 0 Å². The highest BCUT2D eigenvalue weighted by atomic mass is 28.1. The van der Waals surface area contributed by atoms with Crippen LogP contribution in [0.4, 0.5) is 4.79 Å². The summed E-state index contributed by atoms with van der Waals surface area (Å²) in [6.07, 6.45) is 3.11. The summed E-state index contributed by atoms with van der Waals surface area (Å²) in [5.74, 6) is 0. The second-order valence-electron chi connectivity index (χ2n) is 3.03. The minimum absolute atomic E-state index is 0.385. The molecule has 11 heavy (non-hydrogen) atoms. The fourth-order valence-electron chi connectivity index (χ4n) is 1.29. The van der Waals surface area contributed by atoms with Gasteiger partial charge in [-0.25, -0.2) is 4.79 Å². The van der Waals surface area contributed by atoms with Crippen LogP contribution in [-0.2, 0) is 4.74 Å². The van der Waals surface area contributed by atoms with Crippen molar-refractivity contribution in [2.45, 2.75) is 24.6 Å². The van der Waals surface area contributed by atoms with E-state index in [1.807, 2.05) is 0 Å². The summed E-state index contributed by atoms with van der Waals surface area (Å²) in [5, 5.41) is 2.25. The molecular weight excluding hydrogens is 160 g/mol. The standard InChI is InChI=1S/C6H14N2O2Si/c7-5(9)8-6(11)3-1-2-4-10-6/h1-4H2,11H3,(H3,7,8,9). The van der Waals surface area contributed by atoms with Gasteiger partial charge in [0.15, 0.2) is 0 Å². The number of nitrogens with one attached hydrogen (secondary N) is 1. The van der Waals surface area contributed by atoms with E-state index >= 15 is 0 Å².